The minimum atomic E-state index is -1.01. The molecule has 4 rings (SSSR count). The van der Waals surface area contributed by atoms with Gasteiger partial charge in [0.1, 0.15) is 28.4 Å². The fourth-order valence-electron chi connectivity index (χ4n) is 2.85. The van der Waals surface area contributed by atoms with Crippen LogP contribution < -0.4 is 10.1 Å². The SMILES string of the molecule is C[C@@](O)(CNCc1ccccn1)COc1cccc(-c2noc3ccsc23)c1. The Hall–Kier alpha value is -2.74. The van der Waals surface area contributed by atoms with Crippen LogP contribution in [0.5, 0.6) is 5.75 Å². The van der Waals surface area contributed by atoms with Gasteiger partial charge in [-0.3, -0.25) is 4.98 Å². The molecule has 6 nitrogen and oxygen atoms in total. The van der Waals surface area contributed by atoms with Crippen LogP contribution in [0.4, 0.5) is 0 Å². The fourth-order valence-corrected chi connectivity index (χ4v) is 3.66. The van der Waals surface area contributed by atoms with Gasteiger partial charge in [-0.1, -0.05) is 23.4 Å². The molecule has 0 fully saturated rings. The molecular formula is C21H21N3O3S. The lowest BCUT2D eigenvalue weighted by Crippen LogP contribution is -2.42. The van der Waals surface area contributed by atoms with Crippen LogP contribution in [0.2, 0.25) is 0 Å². The summed E-state index contributed by atoms with van der Waals surface area (Å²) in [6.45, 7) is 2.89. The first-order valence-electron chi connectivity index (χ1n) is 9.00. The summed E-state index contributed by atoms with van der Waals surface area (Å²) in [7, 11) is 0. The van der Waals surface area contributed by atoms with Crippen LogP contribution in [0.1, 0.15) is 12.6 Å². The molecule has 144 valence electrons. The second-order valence-corrected chi connectivity index (χ2v) is 7.80. The molecule has 0 bridgehead atoms. The maximum absolute atomic E-state index is 10.6. The smallest absolute Gasteiger partial charge is 0.178 e. The topological polar surface area (TPSA) is 80.4 Å². The van der Waals surface area contributed by atoms with Gasteiger partial charge in [0.2, 0.25) is 0 Å². The number of fused-ring (bicyclic) bond motifs is 1. The van der Waals surface area contributed by atoms with Crippen molar-refractivity contribution in [1.82, 2.24) is 15.5 Å². The first-order valence-corrected chi connectivity index (χ1v) is 9.88. The number of nitrogens with zero attached hydrogens (tertiary/aromatic N) is 2. The molecule has 0 saturated heterocycles. The molecule has 0 aliphatic heterocycles. The molecule has 0 unspecified atom stereocenters. The summed E-state index contributed by atoms with van der Waals surface area (Å²) in [6, 6.07) is 15.3. The summed E-state index contributed by atoms with van der Waals surface area (Å²) < 4.78 is 12.2. The van der Waals surface area contributed by atoms with E-state index in [1.165, 1.54) is 0 Å². The Morgan fingerprint density at radius 3 is 3.00 bits per heavy atom. The van der Waals surface area contributed by atoms with Gasteiger partial charge < -0.3 is 19.7 Å². The lowest BCUT2D eigenvalue weighted by atomic mass is 10.1. The zero-order valence-electron chi connectivity index (χ0n) is 15.5. The van der Waals surface area contributed by atoms with Crippen LogP contribution >= 0.6 is 11.3 Å². The number of ether oxygens (including phenoxy) is 1. The minimum Gasteiger partial charge on any atom is -0.491 e. The molecule has 1 aromatic carbocycles. The largest absolute Gasteiger partial charge is 0.491 e. The highest BCUT2D eigenvalue weighted by Gasteiger charge is 2.21. The van der Waals surface area contributed by atoms with Gasteiger partial charge in [0.05, 0.1) is 5.69 Å². The number of benzene rings is 1. The number of hydrogen-bond donors (Lipinski definition) is 2. The molecule has 28 heavy (non-hydrogen) atoms. The molecule has 0 radical (unpaired) electrons. The molecule has 0 saturated carbocycles. The molecular weight excluding hydrogens is 374 g/mol. The molecule has 4 aromatic rings. The van der Waals surface area contributed by atoms with Crippen molar-refractivity contribution in [1.29, 1.82) is 0 Å². The predicted molar refractivity (Wildman–Crippen MR) is 109 cm³/mol. The van der Waals surface area contributed by atoms with Crippen molar-refractivity contribution in [2.75, 3.05) is 13.2 Å². The average Bonchev–Trinajstić information content (AvgIpc) is 3.31. The summed E-state index contributed by atoms with van der Waals surface area (Å²) in [4.78, 5) is 4.26. The van der Waals surface area contributed by atoms with Gasteiger partial charge in [-0.25, -0.2) is 0 Å². The number of thiophene rings is 1. The standard InChI is InChI=1S/C21H21N3O3S/c1-21(25,13-22-12-16-6-2-3-9-23-16)14-26-17-7-4-5-15(11-17)19-20-18(27-24-19)8-10-28-20/h2-11,22,25H,12-14H2,1H3/t21-/m1/s1. The molecule has 1 atom stereocenters. The van der Waals surface area contributed by atoms with E-state index >= 15 is 0 Å². The Balaban J connectivity index is 1.36. The Labute approximate surface area is 166 Å². The van der Waals surface area contributed by atoms with Crippen LogP contribution in [-0.4, -0.2) is 34.0 Å². The van der Waals surface area contributed by atoms with Crippen molar-refractivity contribution in [3.05, 3.63) is 65.8 Å². The predicted octanol–water partition coefficient (Wildman–Crippen LogP) is 3.87. The Bertz CT molecular complexity index is 1040. The van der Waals surface area contributed by atoms with Crippen LogP contribution in [0.15, 0.2) is 64.6 Å². The van der Waals surface area contributed by atoms with Crippen molar-refractivity contribution < 1.29 is 14.4 Å². The van der Waals surface area contributed by atoms with E-state index in [1.807, 2.05) is 53.9 Å². The van der Waals surface area contributed by atoms with Crippen molar-refractivity contribution >= 4 is 21.6 Å². The van der Waals surface area contributed by atoms with E-state index in [0.717, 1.165) is 27.2 Å². The maximum Gasteiger partial charge on any atom is 0.178 e. The molecule has 7 heteroatoms. The maximum atomic E-state index is 10.6. The Morgan fingerprint density at radius 1 is 1.21 bits per heavy atom. The monoisotopic (exact) mass is 395 g/mol. The van der Waals surface area contributed by atoms with E-state index in [1.54, 1.807) is 24.5 Å². The normalized spacial score (nSPS) is 13.5. The highest BCUT2D eigenvalue weighted by atomic mass is 32.1. The second-order valence-electron chi connectivity index (χ2n) is 6.88. The first kappa shape index (κ1) is 18.6. The molecule has 0 aliphatic rings. The van der Waals surface area contributed by atoms with E-state index in [-0.39, 0.29) is 6.61 Å². The van der Waals surface area contributed by atoms with Crippen LogP contribution in [0, 0.1) is 0 Å². The van der Waals surface area contributed by atoms with E-state index in [9.17, 15) is 5.11 Å². The second kappa shape index (κ2) is 8.10. The lowest BCUT2D eigenvalue weighted by molar-refractivity contribution is 0.0120. The van der Waals surface area contributed by atoms with Gasteiger partial charge in [0.15, 0.2) is 5.58 Å². The third kappa shape index (κ3) is 4.39. The highest BCUT2D eigenvalue weighted by Crippen LogP contribution is 2.33. The van der Waals surface area contributed by atoms with Crippen LogP contribution in [0.25, 0.3) is 21.5 Å². The van der Waals surface area contributed by atoms with E-state index in [4.69, 9.17) is 9.26 Å². The molecule has 3 heterocycles. The Kier molecular flexibility index (Phi) is 5.38. The number of hydrogen-bond acceptors (Lipinski definition) is 7. The third-order valence-corrected chi connectivity index (χ3v) is 5.18. The van der Waals surface area contributed by atoms with Gasteiger partial charge >= 0.3 is 0 Å². The van der Waals surface area contributed by atoms with Gasteiger partial charge in [0, 0.05) is 24.8 Å². The van der Waals surface area contributed by atoms with Crippen molar-refractivity contribution in [3.8, 4) is 17.0 Å². The zero-order valence-corrected chi connectivity index (χ0v) is 16.3. The fraction of sp³-hybridized carbons (Fsp3) is 0.238. The number of nitrogens with one attached hydrogen (secondary N) is 1. The van der Waals surface area contributed by atoms with Gasteiger partial charge in [-0.2, -0.15) is 0 Å². The third-order valence-electron chi connectivity index (χ3n) is 4.27. The van der Waals surface area contributed by atoms with Crippen molar-refractivity contribution in [3.63, 3.8) is 0 Å². The first-order chi connectivity index (χ1) is 13.6. The molecule has 0 amide bonds. The van der Waals surface area contributed by atoms with E-state index < -0.39 is 5.60 Å². The molecule has 2 N–H and O–H groups in total. The number of aromatic nitrogens is 2. The summed E-state index contributed by atoms with van der Waals surface area (Å²) in [5.74, 6) is 0.676. The molecule has 0 spiro atoms. The van der Waals surface area contributed by atoms with Crippen molar-refractivity contribution in [2.24, 2.45) is 0 Å². The van der Waals surface area contributed by atoms with Crippen LogP contribution in [0.3, 0.4) is 0 Å². The quantitative estimate of drug-likeness (QED) is 0.471. The van der Waals surface area contributed by atoms with Crippen LogP contribution in [-0.2, 0) is 6.54 Å². The van der Waals surface area contributed by atoms with Crippen molar-refractivity contribution in [2.45, 2.75) is 19.1 Å². The zero-order chi connectivity index (χ0) is 19.4. The average molecular weight is 395 g/mol. The van der Waals surface area contributed by atoms with E-state index in [2.05, 4.69) is 15.5 Å². The lowest BCUT2D eigenvalue weighted by Gasteiger charge is -2.24. The Morgan fingerprint density at radius 2 is 2.14 bits per heavy atom. The van der Waals surface area contributed by atoms with E-state index in [0.29, 0.717) is 18.8 Å². The summed E-state index contributed by atoms with van der Waals surface area (Å²) in [5.41, 5.74) is 2.43. The number of aliphatic hydroxyl groups is 1. The number of pyridine rings is 1. The highest BCUT2D eigenvalue weighted by molar-refractivity contribution is 7.17. The number of rotatable bonds is 8. The summed E-state index contributed by atoms with van der Waals surface area (Å²) in [6.07, 6.45) is 1.75. The molecule has 0 aliphatic carbocycles. The van der Waals surface area contributed by atoms with Gasteiger partial charge in [-0.05, 0) is 42.6 Å². The van der Waals surface area contributed by atoms with Gasteiger partial charge in [-0.15, -0.1) is 11.3 Å². The minimum absolute atomic E-state index is 0.166. The molecule has 3 aromatic heterocycles. The summed E-state index contributed by atoms with van der Waals surface area (Å²) >= 11 is 1.60. The van der Waals surface area contributed by atoms with Gasteiger partial charge in [0.25, 0.3) is 0 Å². The summed E-state index contributed by atoms with van der Waals surface area (Å²) in [5, 5.41) is 19.9.